The van der Waals surface area contributed by atoms with Gasteiger partial charge in [-0.15, -0.1) is 0 Å². The molecule has 0 bridgehead atoms. The van der Waals surface area contributed by atoms with E-state index in [-0.39, 0.29) is 6.61 Å². The summed E-state index contributed by atoms with van der Waals surface area (Å²) in [6.45, 7) is 0.824. The van der Waals surface area contributed by atoms with Crippen LogP contribution in [0.4, 0.5) is 5.82 Å². The SMILES string of the molecule is OCCN(c1ccn2nccc2n1)C1CC1. The smallest absolute Gasteiger partial charge is 0.157 e. The highest BCUT2D eigenvalue weighted by Crippen LogP contribution is 2.30. The molecule has 0 atom stereocenters. The molecule has 84 valence electrons. The maximum atomic E-state index is 9.06. The molecule has 1 N–H and O–H groups in total. The predicted octanol–water partition coefficient (Wildman–Crippen LogP) is 0.690. The van der Waals surface area contributed by atoms with Crippen molar-refractivity contribution in [3.05, 3.63) is 24.5 Å². The van der Waals surface area contributed by atoms with Crippen molar-refractivity contribution in [1.29, 1.82) is 0 Å². The lowest BCUT2D eigenvalue weighted by molar-refractivity contribution is 0.301. The number of aromatic nitrogens is 3. The van der Waals surface area contributed by atoms with Crippen molar-refractivity contribution in [2.45, 2.75) is 18.9 Å². The highest BCUT2D eigenvalue weighted by Gasteiger charge is 2.29. The second-order valence-corrected chi connectivity index (χ2v) is 4.07. The van der Waals surface area contributed by atoms with E-state index in [9.17, 15) is 0 Å². The third kappa shape index (κ3) is 1.63. The van der Waals surface area contributed by atoms with Crippen LogP contribution in [-0.4, -0.2) is 38.9 Å². The zero-order valence-electron chi connectivity index (χ0n) is 8.95. The number of aliphatic hydroxyl groups excluding tert-OH is 1. The Kier molecular flexibility index (Phi) is 2.25. The van der Waals surface area contributed by atoms with Gasteiger partial charge in [0.2, 0.25) is 0 Å². The van der Waals surface area contributed by atoms with Crippen molar-refractivity contribution >= 4 is 11.5 Å². The fourth-order valence-electron chi connectivity index (χ4n) is 1.94. The van der Waals surface area contributed by atoms with Gasteiger partial charge in [0.15, 0.2) is 5.65 Å². The van der Waals surface area contributed by atoms with E-state index in [1.807, 2.05) is 18.3 Å². The highest BCUT2D eigenvalue weighted by molar-refractivity contribution is 5.48. The Morgan fingerprint density at radius 2 is 2.31 bits per heavy atom. The summed E-state index contributed by atoms with van der Waals surface area (Å²) >= 11 is 0. The van der Waals surface area contributed by atoms with Gasteiger partial charge in [-0.2, -0.15) is 5.10 Å². The first kappa shape index (κ1) is 9.59. The molecule has 1 aliphatic carbocycles. The molecule has 0 aliphatic heterocycles. The van der Waals surface area contributed by atoms with Crippen LogP contribution in [0.5, 0.6) is 0 Å². The minimum absolute atomic E-state index is 0.169. The first-order valence-corrected chi connectivity index (χ1v) is 5.56. The van der Waals surface area contributed by atoms with Crippen LogP contribution in [0.15, 0.2) is 24.5 Å². The van der Waals surface area contributed by atoms with Crippen molar-refractivity contribution in [3.8, 4) is 0 Å². The zero-order chi connectivity index (χ0) is 11.0. The summed E-state index contributed by atoms with van der Waals surface area (Å²) in [5.74, 6) is 0.935. The van der Waals surface area contributed by atoms with Gasteiger partial charge in [-0.25, -0.2) is 9.50 Å². The van der Waals surface area contributed by atoms with Crippen LogP contribution in [0.1, 0.15) is 12.8 Å². The molecule has 0 aromatic carbocycles. The topological polar surface area (TPSA) is 53.7 Å². The molecular weight excluding hydrogens is 204 g/mol. The van der Waals surface area contributed by atoms with E-state index >= 15 is 0 Å². The first-order valence-electron chi connectivity index (χ1n) is 5.56. The van der Waals surface area contributed by atoms with E-state index in [1.165, 1.54) is 12.8 Å². The van der Waals surface area contributed by atoms with Gasteiger partial charge >= 0.3 is 0 Å². The summed E-state index contributed by atoms with van der Waals surface area (Å²) in [7, 11) is 0. The lowest BCUT2D eigenvalue weighted by atomic mass is 10.4. The average Bonchev–Trinajstić information content (AvgIpc) is 3.03. The number of fused-ring (bicyclic) bond motifs is 1. The van der Waals surface area contributed by atoms with Crippen LogP contribution >= 0.6 is 0 Å². The number of rotatable bonds is 4. The minimum Gasteiger partial charge on any atom is -0.395 e. The Bertz CT molecular complexity index is 491. The van der Waals surface area contributed by atoms with Crippen LogP contribution < -0.4 is 4.90 Å². The monoisotopic (exact) mass is 218 g/mol. The van der Waals surface area contributed by atoms with Crippen LogP contribution in [-0.2, 0) is 0 Å². The summed E-state index contributed by atoms with van der Waals surface area (Å²) in [6, 6.07) is 4.40. The molecule has 1 fully saturated rings. The second-order valence-electron chi connectivity index (χ2n) is 4.07. The normalized spacial score (nSPS) is 15.6. The van der Waals surface area contributed by atoms with Gasteiger partial charge in [-0.3, -0.25) is 0 Å². The van der Waals surface area contributed by atoms with E-state index in [2.05, 4.69) is 15.0 Å². The Hall–Kier alpha value is -1.62. The molecule has 3 rings (SSSR count). The maximum Gasteiger partial charge on any atom is 0.157 e. The van der Waals surface area contributed by atoms with Crippen molar-refractivity contribution in [3.63, 3.8) is 0 Å². The number of aliphatic hydroxyl groups is 1. The Morgan fingerprint density at radius 3 is 3.06 bits per heavy atom. The summed E-state index contributed by atoms with van der Waals surface area (Å²) in [5.41, 5.74) is 0.848. The molecule has 0 radical (unpaired) electrons. The van der Waals surface area contributed by atoms with Crippen molar-refractivity contribution in [2.75, 3.05) is 18.1 Å². The molecule has 2 aromatic rings. The number of anilines is 1. The molecule has 0 spiro atoms. The van der Waals surface area contributed by atoms with Crippen molar-refractivity contribution in [1.82, 2.24) is 14.6 Å². The quantitative estimate of drug-likeness (QED) is 0.820. The van der Waals surface area contributed by atoms with E-state index < -0.39 is 0 Å². The molecule has 5 heteroatoms. The van der Waals surface area contributed by atoms with Gasteiger partial charge in [0, 0.05) is 24.8 Å². The Balaban J connectivity index is 1.95. The van der Waals surface area contributed by atoms with E-state index in [0.717, 1.165) is 11.5 Å². The Morgan fingerprint density at radius 1 is 1.44 bits per heavy atom. The summed E-state index contributed by atoms with van der Waals surface area (Å²) in [5, 5.41) is 13.2. The van der Waals surface area contributed by atoms with Crippen LogP contribution in [0.25, 0.3) is 5.65 Å². The van der Waals surface area contributed by atoms with Crippen molar-refractivity contribution < 1.29 is 5.11 Å². The van der Waals surface area contributed by atoms with Crippen LogP contribution in [0.3, 0.4) is 0 Å². The Labute approximate surface area is 93.3 Å². The molecule has 2 aromatic heterocycles. The van der Waals surface area contributed by atoms with Gasteiger partial charge in [0.05, 0.1) is 12.8 Å². The fourth-order valence-corrected chi connectivity index (χ4v) is 1.94. The maximum absolute atomic E-state index is 9.06. The van der Waals surface area contributed by atoms with Crippen molar-refractivity contribution in [2.24, 2.45) is 0 Å². The zero-order valence-corrected chi connectivity index (χ0v) is 8.95. The van der Waals surface area contributed by atoms with E-state index in [1.54, 1.807) is 10.7 Å². The largest absolute Gasteiger partial charge is 0.395 e. The molecule has 2 heterocycles. The van der Waals surface area contributed by atoms with E-state index in [4.69, 9.17) is 5.11 Å². The molecule has 0 saturated heterocycles. The molecule has 0 unspecified atom stereocenters. The van der Waals surface area contributed by atoms with Gasteiger partial charge in [-0.1, -0.05) is 0 Å². The highest BCUT2D eigenvalue weighted by atomic mass is 16.3. The van der Waals surface area contributed by atoms with Gasteiger partial charge < -0.3 is 10.0 Å². The summed E-state index contributed by atoms with van der Waals surface area (Å²) in [4.78, 5) is 6.70. The number of nitrogens with zero attached hydrogens (tertiary/aromatic N) is 4. The lowest BCUT2D eigenvalue weighted by Crippen LogP contribution is -2.29. The molecule has 1 saturated carbocycles. The molecule has 5 nitrogen and oxygen atoms in total. The lowest BCUT2D eigenvalue weighted by Gasteiger charge is -2.22. The standard InChI is InChI=1S/C11H14N4O/c16-8-7-14(9-1-2-9)10-4-6-15-11(13-10)3-5-12-15/h3-6,9,16H,1-2,7-8H2. The molecule has 0 amide bonds. The van der Waals surface area contributed by atoms with Crippen LogP contribution in [0.2, 0.25) is 0 Å². The molecule has 16 heavy (non-hydrogen) atoms. The van der Waals surface area contributed by atoms with Gasteiger partial charge in [0.1, 0.15) is 5.82 Å². The molecular formula is C11H14N4O. The third-order valence-electron chi connectivity index (χ3n) is 2.87. The molecule has 1 aliphatic rings. The summed E-state index contributed by atoms with van der Waals surface area (Å²) in [6.07, 6.45) is 6.04. The van der Waals surface area contributed by atoms with Gasteiger partial charge in [-0.05, 0) is 18.9 Å². The third-order valence-corrected chi connectivity index (χ3v) is 2.87. The summed E-state index contributed by atoms with van der Waals surface area (Å²) < 4.78 is 1.74. The van der Waals surface area contributed by atoms with Gasteiger partial charge in [0.25, 0.3) is 0 Å². The first-order chi connectivity index (χ1) is 7.88. The second kappa shape index (κ2) is 3.75. The predicted molar refractivity (Wildman–Crippen MR) is 60.4 cm³/mol. The minimum atomic E-state index is 0.169. The van der Waals surface area contributed by atoms with Crippen LogP contribution in [0, 0.1) is 0 Å². The number of hydrogen-bond acceptors (Lipinski definition) is 4. The average molecular weight is 218 g/mol. The fraction of sp³-hybridized carbons (Fsp3) is 0.455. The van der Waals surface area contributed by atoms with E-state index in [0.29, 0.717) is 12.6 Å². The number of hydrogen-bond donors (Lipinski definition) is 1.